The smallest absolute Gasteiger partial charge is 0.480 e. The van der Waals surface area contributed by atoms with Crippen LogP contribution in [-0.4, -0.2) is 54.6 Å². The second-order valence-corrected chi connectivity index (χ2v) is 7.05. The highest BCUT2D eigenvalue weighted by atomic mass is 31.1. The minimum atomic E-state index is -1.91. The standard InChI is InChI=1S/C13H22NO8P/c1-13(2,3)8-10(15)22-14(12(18)20-4)9(11(16)17)6-7-21-23(5)19/h9H,6-8H2,1-5H3/p+1. The van der Waals surface area contributed by atoms with Crippen LogP contribution in [0.4, 0.5) is 4.79 Å². The Balaban J connectivity index is 5.07. The van der Waals surface area contributed by atoms with Gasteiger partial charge >= 0.3 is 26.1 Å². The van der Waals surface area contributed by atoms with Crippen molar-refractivity contribution in [3.8, 4) is 0 Å². The molecule has 0 aromatic carbocycles. The molecule has 0 aromatic rings. The maximum Gasteiger partial charge on any atom is 0.504 e. The highest BCUT2D eigenvalue weighted by molar-refractivity contribution is 7.38. The first kappa shape index (κ1) is 21.3. The second kappa shape index (κ2) is 9.42. The number of hydroxylamine groups is 2. The number of amides is 1. The Kier molecular flexibility index (Phi) is 8.71. The molecule has 0 radical (unpaired) electrons. The van der Waals surface area contributed by atoms with Crippen LogP contribution in [0, 0.1) is 5.41 Å². The first-order chi connectivity index (χ1) is 10.5. The summed E-state index contributed by atoms with van der Waals surface area (Å²) in [7, 11) is -0.876. The first-order valence-corrected chi connectivity index (χ1v) is 8.45. The molecule has 0 aliphatic carbocycles. The van der Waals surface area contributed by atoms with Crippen LogP contribution in [0.3, 0.4) is 0 Å². The minimum Gasteiger partial charge on any atom is -0.480 e. The molecule has 2 atom stereocenters. The molecule has 0 saturated carbocycles. The summed E-state index contributed by atoms with van der Waals surface area (Å²) < 4.78 is 20.1. The van der Waals surface area contributed by atoms with Gasteiger partial charge in [0.2, 0.25) is 0 Å². The molecule has 9 nitrogen and oxygen atoms in total. The van der Waals surface area contributed by atoms with Crippen LogP contribution >= 0.6 is 8.03 Å². The third kappa shape index (κ3) is 9.10. The van der Waals surface area contributed by atoms with E-state index in [-0.39, 0.29) is 19.4 Å². The summed E-state index contributed by atoms with van der Waals surface area (Å²) in [5.41, 5.74) is -0.401. The van der Waals surface area contributed by atoms with E-state index in [1.165, 1.54) is 6.66 Å². The maximum atomic E-state index is 11.9. The average molecular weight is 352 g/mol. The van der Waals surface area contributed by atoms with E-state index in [9.17, 15) is 24.1 Å². The minimum absolute atomic E-state index is 0.0237. The molecule has 0 aliphatic heterocycles. The fourth-order valence-corrected chi connectivity index (χ4v) is 1.89. The van der Waals surface area contributed by atoms with Gasteiger partial charge in [-0.25, -0.2) is 14.4 Å². The Morgan fingerprint density at radius 2 is 1.83 bits per heavy atom. The topological polar surface area (TPSA) is 119 Å². The number of rotatable bonds is 7. The van der Waals surface area contributed by atoms with E-state index < -0.39 is 37.5 Å². The van der Waals surface area contributed by atoms with Crippen LogP contribution in [0.1, 0.15) is 33.6 Å². The quantitative estimate of drug-likeness (QED) is 0.547. The largest absolute Gasteiger partial charge is 0.504 e. The van der Waals surface area contributed by atoms with E-state index in [0.29, 0.717) is 5.06 Å². The van der Waals surface area contributed by atoms with Crippen molar-refractivity contribution in [3.63, 3.8) is 0 Å². The van der Waals surface area contributed by atoms with Gasteiger partial charge in [0.25, 0.3) is 0 Å². The van der Waals surface area contributed by atoms with Crippen LogP contribution in [0.2, 0.25) is 0 Å². The molecule has 0 saturated heterocycles. The van der Waals surface area contributed by atoms with E-state index in [1.807, 2.05) is 0 Å². The lowest BCUT2D eigenvalue weighted by atomic mass is 9.93. The number of carboxylic acids is 1. The highest BCUT2D eigenvalue weighted by Gasteiger charge is 2.35. The molecule has 0 aromatic heterocycles. The van der Waals surface area contributed by atoms with Gasteiger partial charge in [-0.2, -0.15) is 0 Å². The molecular formula is C13H23NO8P+. The fourth-order valence-electron chi connectivity index (χ4n) is 1.53. The van der Waals surface area contributed by atoms with Crippen molar-refractivity contribution >= 4 is 26.1 Å². The summed E-state index contributed by atoms with van der Waals surface area (Å²) in [5, 5.41) is 9.59. The van der Waals surface area contributed by atoms with Crippen molar-refractivity contribution in [3.05, 3.63) is 0 Å². The molecule has 1 N–H and O–H groups in total. The van der Waals surface area contributed by atoms with E-state index in [1.54, 1.807) is 20.8 Å². The third-order valence-electron chi connectivity index (χ3n) is 2.46. The van der Waals surface area contributed by atoms with Gasteiger partial charge in [0, 0.05) is 6.42 Å². The molecule has 2 unspecified atom stereocenters. The summed E-state index contributed by atoms with van der Waals surface area (Å²) in [4.78, 5) is 39.8. The average Bonchev–Trinajstić information content (AvgIpc) is 2.38. The van der Waals surface area contributed by atoms with Crippen molar-refractivity contribution in [2.45, 2.75) is 39.7 Å². The highest BCUT2D eigenvalue weighted by Crippen LogP contribution is 2.21. The normalized spacial score (nSPS) is 13.0. The number of hydrogen-bond acceptors (Lipinski definition) is 7. The van der Waals surface area contributed by atoms with Crippen molar-refractivity contribution in [1.82, 2.24) is 5.06 Å². The van der Waals surface area contributed by atoms with Gasteiger partial charge in [-0.15, -0.1) is 9.59 Å². The van der Waals surface area contributed by atoms with Crippen molar-refractivity contribution in [2.24, 2.45) is 5.41 Å². The van der Waals surface area contributed by atoms with E-state index in [4.69, 9.17) is 9.36 Å². The first-order valence-electron chi connectivity index (χ1n) is 6.82. The van der Waals surface area contributed by atoms with Crippen LogP contribution in [0.5, 0.6) is 0 Å². The Morgan fingerprint density at radius 1 is 1.26 bits per heavy atom. The number of methoxy groups -OCH3 is 1. The van der Waals surface area contributed by atoms with Crippen LogP contribution in [0.15, 0.2) is 0 Å². The molecule has 0 fully saturated rings. The number of aliphatic carboxylic acids is 1. The number of carbonyl (C=O) groups excluding carboxylic acids is 2. The molecule has 23 heavy (non-hydrogen) atoms. The van der Waals surface area contributed by atoms with Gasteiger partial charge in [-0.1, -0.05) is 20.8 Å². The molecule has 132 valence electrons. The van der Waals surface area contributed by atoms with Crippen LogP contribution < -0.4 is 0 Å². The zero-order valence-corrected chi connectivity index (χ0v) is 14.8. The molecule has 10 heteroatoms. The van der Waals surface area contributed by atoms with Gasteiger partial charge in [0.1, 0.15) is 6.61 Å². The number of nitrogens with zero attached hydrogens (tertiary/aromatic N) is 1. The second-order valence-electron chi connectivity index (χ2n) is 5.91. The van der Waals surface area contributed by atoms with Crippen molar-refractivity contribution < 1.29 is 38.2 Å². The number of ether oxygens (including phenoxy) is 1. The number of carboxylic acid groups (broad SMARTS) is 1. The van der Waals surface area contributed by atoms with E-state index in [2.05, 4.69) is 4.74 Å². The van der Waals surface area contributed by atoms with Gasteiger partial charge in [-0.05, 0) is 9.98 Å². The molecule has 0 heterocycles. The zero-order chi connectivity index (χ0) is 18.2. The van der Waals surface area contributed by atoms with Gasteiger partial charge in [0.05, 0.1) is 13.5 Å². The Morgan fingerprint density at radius 3 is 2.22 bits per heavy atom. The number of carbonyl (C=O) groups is 3. The third-order valence-corrected chi connectivity index (χ3v) is 3.01. The Hall–Kier alpha value is -1.73. The predicted octanol–water partition coefficient (Wildman–Crippen LogP) is 2.18. The summed E-state index contributed by atoms with van der Waals surface area (Å²) in [5.74, 6) is -2.18. The van der Waals surface area contributed by atoms with Gasteiger partial charge in [-0.3, -0.25) is 0 Å². The van der Waals surface area contributed by atoms with Crippen LogP contribution in [-0.2, 0) is 28.3 Å². The Labute approximate surface area is 135 Å². The maximum absolute atomic E-state index is 11.9. The van der Waals surface area contributed by atoms with E-state index in [0.717, 1.165) is 7.11 Å². The molecular weight excluding hydrogens is 329 g/mol. The summed E-state index contributed by atoms with van der Waals surface area (Å²) >= 11 is 0. The summed E-state index contributed by atoms with van der Waals surface area (Å²) in [6, 6.07) is -1.51. The SMILES string of the molecule is COC(=O)N(OC(=O)CC(C)(C)C)C(CCO[P+](C)=O)C(=O)O. The zero-order valence-electron chi connectivity index (χ0n) is 13.9. The monoisotopic (exact) mass is 352 g/mol. The van der Waals surface area contributed by atoms with Crippen molar-refractivity contribution in [2.75, 3.05) is 20.4 Å². The molecule has 1 amide bonds. The summed E-state index contributed by atoms with van der Waals surface area (Å²) in [6.07, 6.45) is -1.37. The van der Waals surface area contributed by atoms with E-state index >= 15 is 0 Å². The fraction of sp³-hybridized carbons (Fsp3) is 0.769. The lowest BCUT2D eigenvalue weighted by molar-refractivity contribution is -0.197. The molecule has 0 aliphatic rings. The Bertz CT molecular complexity index is 459. The van der Waals surface area contributed by atoms with Crippen molar-refractivity contribution in [1.29, 1.82) is 0 Å². The van der Waals surface area contributed by atoms with Gasteiger partial charge in [0.15, 0.2) is 12.7 Å². The molecule has 0 spiro atoms. The molecule has 0 bridgehead atoms. The predicted molar refractivity (Wildman–Crippen MR) is 79.9 cm³/mol. The lowest BCUT2D eigenvalue weighted by Crippen LogP contribution is -2.47. The lowest BCUT2D eigenvalue weighted by Gasteiger charge is -2.26. The number of hydrogen-bond donors (Lipinski definition) is 1. The van der Waals surface area contributed by atoms with Gasteiger partial charge < -0.3 is 14.7 Å². The van der Waals surface area contributed by atoms with Crippen LogP contribution in [0.25, 0.3) is 0 Å². The summed E-state index contributed by atoms with van der Waals surface area (Å²) in [6.45, 7) is 6.49. The molecule has 0 rings (SSSR count).